The van der Waals surface area contributed by atoms with Gasteiger partial charge in [-0.2, -0.15) is 0 Å². The number of carbonyl (C=O) groups is 1. The Hall–Kier alpha value is -2.63. The third-order valence-corrected chi connectivity index (χ3v) is 4.64. The molecule has 0 N–H and O–H groups in total. The normalized spacial score (nSPS) is 19.0. The van der Waals surface area contributed by atoms with Crippen molar-refractivity contribution in [3.05, 3.63) is 42.4 Å². The molecule has 24 heavy (non-hydrogen) atoms. The maximum atomic E-state index is 13.0. The van der Waals surface area contributed by atoms with Crippen LogP contribution in [0.1, 0.15) is 30.3 Å². The minimum absolute atomic E-state index is 0.107. The highest BCUT2D eigenvalue weighted by atomic mass is 16.5. The number of aromatic nitrogens is 2. The molecule has 1 amide bonds. The monoisotopic (exact) mass is 324 g/mol. The molecule has 124 valence electrons. The Labute approximate surface area is 141 Å². The van der Waals surface area contributed by atoms with Gasteiger partial charge in [0.25, 0.3) is 5.91 Å². The average Bonchev–Trinajstić information content (AvgIpc) is 3.10. The molecule has 6 nitrogen and oxygen atoms in total. The third kappa shape index (κ3) is 2.48. The Balaban J connectivity index is 1.65. The number of ether oxygens (including phenoxy) is 1. The average molecular weight is 324 g/mol. The van der Waals surface area contributed by atoms with Crippen molar-refractivity contribution in [2.75, 3.05) is 29.5 Å². The van der Waals surface area contributed by atoms with E-state index in [1.807, 2.05) is 30.0 Å². The highest BCUT2D eigenvalue weighted by Crippen LogP contribution is 2.39. The number of carbonyl (C=O) groups excluding carboxylic acids is 1. The second-order valence-electron chi connectivity index (χ2n) is 6.07. The van der Waals surface area contributed by atoms with Crippen LogP contribution in [-0.4, -0.2) is 41.6 Å². The van der Waals surface area contributed by atoms with E-state index in [1.54, 1.807) is 0 Å². The van der Waals surface area contributed by atoms with Crippen LogP contribution in [-0.2, 0) is 0 Å². The standard InChI is InChI=1S/C18H20N4O2/c1-2-24-17-11-19-14(10-20-17)18(23)22-12-13-6-5-9-21(13)15-7-3-4-8-16(15)22/h3-4,7-8,10-11,13H,2,5-6,9,12H2,1H3/t13-/m0/s1. The van der Waals surface area contributed by atoms with Crippen molar-refractivity contribution in [2.24, 2.45) is 0 Å². The minimum Gasteiger partial charge on any atom is -0.477 e. The first-order valence-electron chi connectivity index (χ1n) is 8.40. The second kappa shape index (κ2) is 6.11. The molecule has 1 fully saturated rings. The molecule has 2 aromatic rings. The molecule has 2 aliphatic heterocycles. The van der Waals surface area contributed by atoms with E-state index < -0.39 is 0 Å². The molecule has 0 unspecified atom stereocenters. The van der Waals surface area contributed by atoms with E-state index in [2.05, 4.69) is 20.9 Å². The molecule has 1 saturated heterocycles. The lowest BCUT2D eigenvalue weighted by molar-refractivity contribution is 0.0979. The maximum absolute atomic E-state index is 13.0. The fraction of sp³-hybridized carbons (Fsp3) is 0.389. The SMILES string of the molecule is CCOc1cnc(C(=O)N2C[C@@H]3CCCN3c3ccccc32)cn1. The first-order chi connectivity index (χ1) is 11.8. The van der Waals surface area contributed by atoms with Crippen molar-refractivity contribution in [3.63, 3.8) is 0 Å². The predicted octanol–water partition coefficient (Wildman–Crippen LogP) is 2.50. The molecule has 0 aliphatic carbocycles. The predicted molar refractivity (Wildman–Crippen MR) is 91.7 cm³/mol. The van der Waals surface area contributed by atoms with Crippen molar-refractivity contribution in [1.29, 1.82) is 0 Å². The topological polar surface area (TPSA) is 58.6 Å². The highest BCUT2D eigenvalue weighted by Gasteiger charge is 2.36. The molecule has 1 aromatic heterocycles. The zero-order chi connectivity index (χ0) is 16.5. The number of anilines is 2. The van der Waals surface area contributed by atoms with Gasteiger partial charge in [-0.3, -0.25) is 4.79 Å². The van der Waals surface area contributed by atoms with E-state index in [1.165, 1.54) is 18.8 Å². The largest absolute Gasteiger partial charge is 0.477 e. The van der Waals surface area contributed by atoms with Crippen LogP contribution in [0.2, 0.25) is 0 Å². The second-order valence-corrected chi connectivity index (χ2v) is 6.07. The van der Waals surface area contributed by atoms with Crippen molar-refractivity contribution < 1.29 is 9.53 Å². The summed E-state index contributed by atoms with van der Waals surface area (Å²) in [6.07, 6.45) is 5.29. The van der Waals surface area contributed by atoms with Gasteiger partial charge in [0.2, 0.25) is 5.88 Å². The lowest BCUT2D eigenvalue weighted by Crippen LogP contribution is -2.48. The van der Waals surface area contributed by atoms with Gasteiger partial charge in [0.15, 0.2) is 0 Å². The Morgan fingerprint density at radius 1 is 1.25 bits per heavy atom. The summed E-state index contributed by atoms with van der Waals surface area (Å²) in [7, 11) is 0. The molecule has 0 radical (unpaired) electrons. The molecule has 3 heterocycles. The van der Waals surface area contributed by atoms with Crippen LogP contribution in [0.3, 0.4) is 0 Å². The zero-order valence-corrected chi connectivity index (χ0v) is 13.7. The van der Waals surface area contributed by atoms with Gasteiger partial charge in [-0.05, 0) is 31.9 Å². The number of amides is 1. The fourth-order valence-corrected chi connectivity index (χ4v) is 3.57. The van der Waals surface area contributed by atoms with Crippen molar-refractivity contribution in [1.82, 2.24) is 9.97 Å². The molecule has 1 aromatic carbocycles. The van der Waals surface area contributed by atoms with E-state index in [9.17, 15) is 4.79 Å². The highest BCUT2D eigenvalue weighted by molar-refractivity contribution is 6.07. The van der Waals surface area contributed by atoms with Crippen LogP contribution >= 0.6 is 0 Å². The summed E-state index contributed by atoms with van der Waals surface area (Å²) in [5, 5.41) is 0. The Morgan fingerprint density at radius 3 is 2.83 bits per heavy atom. The molecular formula is C18H20N4O2. The summed E-state index contributed by atoms with van der Waals surface area (Å²) < 4.78 is 5.29. The molecule has 4 rings (SSSR count). The smallest absolute Gasteiger partial charge is 0.278 e. The van der Waals surface area contributed by atoms with Gasteiger partial charge in [-0.1, -0.05) is 12.1 Å². The number of para-hydroxylation sites is 2. The minimum atomic E-state index is -0.107. The molecule has 6 heteroatoms. The van der Waals surface area contributed by atoms with Crippen LogP contribution < -0.4 is 14.5 Å². The summed E-state index contributed by atoms with van der Waals surface area (Å²) in [5.41, 5.74) is 2.44. The van der Waals surface area contributed by atoms with Crippen LogP contribution in [0.4, 0.5) is 11.4 Å². The summed E-state index contributed by atoms with van der Waals surface area (Å²) in [4.78, 5) is 25.6. The van der Waals surface area contributed by atoms with Crippen LogP contribution in [0.25, 0.3) is 0 Å². The van der Waals surface area contributed by atoms with Gasteiger partial charge in [0, 0.05) is 19.1 Å². The number of nitrogens with zero attached hydrogens (tertiary/aromatic N) is 4. The summed E-state index contributed by atoms with van der Waals surface area (Å²) in [5.74, 6) is 0.333. The number of benzene rings is 1. The number of fused-ring (bicyclic) bond motifs is 3. The Kier molecular flexibility index (Phi) is 3.80. The summed E-state index contributed by atoms with van der Waals surface area (Å²) in [6.45, 7) is 4.18. The van der Waals surface area contributed by atoms with E-state index in [4.69, 9.17) is 4.74 Å². The molecule has 1 atom stereocenters. The van der Waals surface area contributed by atoms with Gasteiger partial charge in [-0.25, -0.2) is 9.97 Å². The number of hydrogen-bond donors (Lipinski definition) is 0. The van der Waals surface area contributed by atoms with Crippen LogP contribution in [0.15, 0.2) is 36.7 Å². The molecule has 0 spiro atoms. The van der Waals surface area contributed by atoms with Crippen LogP contribution in [0, 0.1) is 0 Å². The molecule has 2 aliphatic rings. The van der Waals surface area contributed by atoms with E-state index >= 15 is 0 Å². The van der Waals surface area contributed by atoms with E-state index in [-0.39, 0.29) is 5.91 Å². The Morgan fingerprint density at radius 2 is 2.08 bits per heavy atom. The first-order valence-corrected chi connectivity index (χ1v) is 8.40. The molecular weight excluding hydrogens is 304 g/mol. The first kappa shape index (κ1) is 14.9. The lowest BCUT2D eigenvalue weighted by Gasteiger charge is -2.40. The van der Waals surface area contributed by atoms with Gasteiger partial charge in [-0.15, -0.1) is 0 Å². The fourth-order valence-electron chi connectivity index (χ4n) is 3.57. The van der Waals surface area contributed by atoms with Crippen LogP contribution in [0.5, 0.6) is 5.88 Å². The van der Waals surface area contributed by atoms with Gasteiger partial charge in [0.05, 0.1) is 30.4 Å². The zero-order valence-electron chi connectivity index (χ0n) is 13.7. The number of rotatable bonds is 3. The molecule has 0 saturated carbocycles. The Bertz CT molecular complexity index is 747. The van der Waals surface area contributed by atoms with E-state index in [0.717, 1.165) is 24.3 Å². The van der Waals surface area contributed by atoms with Crippen molar-refractivity contribution >= 4 is 17.3 Å². The van der Waals surface area contributed by atoms with Crippen molar-refractivity contribution in [3.8, 4) is 5.88 Å². The maximum Gasteiger partial charge on any atom is 0.278 e. The molecule has 0 bridgehead atoms. The quantitative estimate of drug-likeness (QED) is 0.868. The summed E-state index contributed by atoms with van der Waals surface area (Å²) in [6, 6.07) is 8.48. The van der Waals surface area contributed by atoms with Gasteiger partial charge < -0.3 is 14.5 Å². The third-order valence-electron chi connectivity index (χ3n) is 4.64. The van der Waals surface area contributed by atoms with Crippen molar-refractivity contribution in [2.45, 2.75) is 25.8 Å². The summed E-state index contributed by atoms with van der Waals surface area (Å²) >= 11 is 0. The van der Waals surface area contributed by atoms with E-state index in [0.29, 0.717) is 30.8 Å². The number of hydrogen-bond acceptors (Lipinski definition) is 5. The van der Waals surface area contributed by atoms with Gasteiger partial charge in [0.1, 0.15) is 5.69 Å². The van der Waals surface area contributed by atoms with Gasteiger partial charge >= 0.3 is 0 Å². The lowest BCUT2D eigenvalue weighted by atomic mass is 10.1.